The van der Waals surface area contributed by atoms with Crippen LogP contribution in [0.25, 0.3) is 11.5 Å². The predicted molar refractivity (Wildman–Crippen MR) is 122 cm³/mol. The van der Waals surface area contributed by atoms with Gasteiger partial charge in [0.1, 0.15) is 0 Å². The van der Waals surface area contributed by atoms with Gasteiger partial charge in [0, 0.05) is 24.2 Å². The van der Waals surface area contributed by atoms with Crippen molar-refractivity contribution in [3.05, 3.63) is 59.2 Å². The van der Waals surface area contributed by atoms with Crippen LogP contribution < -0.4 is 5.32 Å². The van der Waals surface area contributed by atoms with Crippen molar-refractivity contribution in [2.45, 2.75) is 44.8 Å². The normalized spacial score (nSPS) is 19.4. The fourth-order valence-corrected chi connectivity index (χ4v) is 5.36. The van der Waals surface area contributed by atoms with Crippen molar-refractivity contribution in [2.75, 3.05) is 18.4 Å². The summed E-state index contributed by atoms with van der Waals surface area (Å²) in [6.45, 7) is 8.16. The van der Waals surface area contributed by atoms with Crippen molar-refractivity contribution in [3.8, 4) is 11.5 Å². The average Bonchev–Trinajstić information content (AvgIpc) is 3.23. The number of morpholine rings is 1. The zero-order valence-corrected chi connectivity index (χ0v) is 19.7. The van der Waals surface area contributed by atoms with E-state index in [0.717, 1.165) is 16.7 Å². The molecule has 33 heavy (non-hydrogen) atoms. The molecule has 1 aliphatic heterocycles. The highest BCUT2D eigenvalue weighted by molar-refractivity contribution is 7.89. The molecule has 1 saturated heterocycles. The highest BCUT2D eigenvalue weighted by Crippen LogP contribution is 2.25. The first-order valence-electron chi connectivity index (χ1n) is 10.6. The number of benzene rings is 2. The number of nitrogens with one attached hydrogen (secondary N) is 1. The molecule has 9 nitrogen and oxygen atoms in total. The fourth-order valence-electron chi connectivity index (χ4n) is 3.77. The highest BCUT2D eigenvalue weighted by atomic mass is 32.2. The molecule has 1 amide bonds. The molecule has 2 aromatic carbocycles. The molecule has 0 bridgehead atoms. The van der Waals surface area contributed by atoms with Gasteiger partial charge in [0.15, 0.2) is 0 Å². The molecular weight excluding hydrogens is 444 g/mol. The van der Waals surface area contributed by atoms with Gasteiger partial charge < -0.3 is 9.15 Å². The van der Waals surface area contributed by atoms with Crippen LogP contribution in [0.2, 0.25) is 0 Å². The first-order chi connectivity index (χ1) is 15.6. The minimum atomic E-state index is -3.68. The van der Waals surface area contributed by atoms with E-state index in [4.69, 9.17) is 9.15 Å². The molecule has 1 aromatic heterocycles. The molecule has 0 aliphatic carbocycles. The number of carbonyl (C=O) groups excluding carboxylic acids is 1. The van der Waals surface area contributed by atoms with Gasteiger partial charge in [-0.25, -0.2) is 8.42 Å². The van der Waals surface area contributed by atoms with Gasteiger partial charge in [-0.2, -0.15) is 4.31 Å². The quantitative estimate of drug-likeness (QED) is 0.608. The molecule has 0 radical (unpaired) electrons. The second-order valence-electron chi connectivity index (χ2n) is 8.29. The SMILES string of the molecule is Cc1ccc(C)c(-c2nnc(NC(=O)c3ccc(S(=O)(=O)N4C[C@H](C)O[C@@H](C)C4)cc3)o2)c1. The van der Waals surface area contributed by atoms with Gasteiger partial charge in [-0.3, -0.25) is 10.1 Å². The second-order valence-corrected chi connectivity index (χ2v) is 10.2. The standard InChI is InChI=1S/C23H26N4O5S/c1-14-5-6-15(2)20(11-14)22-25-26-23(32-22)24-21(28)18-7-9-19(10-8-18)33(29,30)27-12-16(3)31-17(4)13-27/h5-11,16-17H,12-13H2,1-4H3,(H,24,26,28)/t16-,17-/m0/s1. The minimum absolute atomic E-state index is 0.0381. The fraction of sp³-hybridized carbons (Fsp3) is 0.348. The number of aryl methyl sites for hydroxylation is 2. The van der Waals surface area contributed by atoms with E-state index >= 15 is 0 Å². The Morgan fingerprint density at radius 1 is 1.03 bits per heavy atom. The smallest absolute Gasteiger partial charge is 0.322 e. The molecule has 1 fully saturated rings. The summed E-state index contributed by atoms with van der Waals surface area (Å²) in [6.07, 6.45) is -0.368. The zero-order chi connectivity index (χ0) is 23.8. The van der Waals surface area contributed by atoms with Crippen LogP contribution in [-0.4, -0.2) is 54.1 Å². The monoisotopic (exact) mass is 470 g/mol. The average molecular weight is 471 g/mol. The molecule has 10 heteroatoms. The second kappa shape index (κ2) is 9.05. The molecule has 0 spiro atoms. The zero-order valence-electron chi connectivity index (χ0n) is 18.9. The molecule has 0 saturated carbocycles. The molecule has 0 unspecified atom stereocenters. The van der Waals surface area contributed by atoms with Gasteiger partial charge in [-0.1, -0.05) is 22.8 Å². The number of nitrogens with zero attached hydrogens (tertiary/aromatic N) is 3. The van der Waals surface area contributed by atoms with Crippen LogP contribution in [0.15, 0.2) is 51.8 Å². The molecule has 2 heterocycles. The maximum Gasteiger partial charge on any atom is 0.322 e. The van der Waals surface area contributed by atoms with Crippen molar-refractivity contribution < 1.29 is 22.4 Å². The topological polar surface area (TPSA) is 115 Å². The summed E-state index contributed by atoms with van der Waals surface area (Å²) in [7, 11) is -3.68. The number of aromatic nitrogens is 2. The largest absolute Gasteiger partial charge is 0.403 e. The Morgan fingerprint density at radius 3 is 2.36 bits per heavy atom. The van der Waals surface area contributed by atoms with Gasteiger partial charge in [0.05, 0.1) is 17.1 Å². The number of amides is 1. The number of sulfonamides is 1. The Hall–Kier alpha value is -3.08. The van der Waals surface area contributed by atoms with E-state index in [1.807, 2.05) is 45.9 Å². The van der Waals surface area contributed by atoms with Crippen molar-refractivity contribution in [1.29, 1.82) is 0 Å². The van der Waals surface area contributed by atoms with Crippen molar-refractivity contribution >= 4 is 21.9 Å². The van der Waals surface area contributed by atoms with Crippen molar-refractivity contribution in [3.63, 3.8) is 0 Å². The number of rotatable bonds is 5. The van der Waals surface area contributed by atoms with Gasteiger partial charge in [-0.15, -0.1) is 5.10 Å². The van der Waals surface area contributed by atoms with Gasteiger partial charge in [0.2, 0.25) is 15.9 Å². The summed E-state index contributed by atoms with van der Waals surface area (Å²) in [5.41, 5.74) is 3.09. The maximum absolute atomic E-state index is 13.0. The Morgan fingerprint density at radius 2 is 1.70 bits per heavy atom. The van der Waals surface area contributed by atoms with E-state index in [1.165, 1.54) is 28.6 Å². The third-order valence-corrected chi connectivity index (χ3v) is 7.26. The number of ether oxygens (including phenoxy) is 1. The number of carbonyl (C=O) groups is 1. The van der Waals surface area contributed by atoms with Crippen LogP contribution in [0.3, 0.4) is 0 Å². The van der Waals surface area contributed by atoms with Gasteiger partial charge >= 0.3 is 6.01 Å². The third kappa shape index (κ3) is 4.97. The maximum atomic E-state index is 13.0. The molecule has 4 rings (SSSR count). The summed E-state index contributed by atoms with van der Waals surface area (Å²) in [5, 5.41) is 10.5. The lowest BCUT2D eigenvalue weighted by molar-refractivity contribution is -0.0440. The molecule has 2 atom stereocenters. The number of anilines is 1. The van der Waals surface area contributed by atoms with E-state index < -0.39 is 15.9 Å². The summed E-state index contributed by atoms with van der Waals surface area (Å²) in [5.74, 6) is -0.175. The first-order valence-corrected chi connectivity index (χ1v) is 12.1. The molecule has 1 aliphatic rings. The number of hydrogen-bond donors (Lipinski definition) is 1. The summed E-state index contributed by atoms with van der Waals surface area (Å²) < 4.78 is 38.6. The Bertz CT molecular complexity index is 1260. The van der Waals surface area contributed by atoms with Crippen LogP contribution in [0.4, 0.5) is 6.01 Å². The van der Waals surface area contributed by atoms with Crippen LogP contribution in [0.1, 0.15) is 35.3 Å². The van der Waals surface area contributed by atoms with E-state index in [0.29, 0.717) is 5.89 Å². The predicted octanol–water partition coefficient (Wildman–Crippen LogP) is 3.40. The van der Waals surface area contributed by atoms with Crippen LogP contribution >= 0.6 is 0 Å². The van der Waals surface area contributed by atoms with E-state index in [2.05, 4.69) is 15.5 Å². The molecule has 3 aromatic rings. The van der Waals surface area contributed by atoms with E-state index in [-0.39, 0.29) is 41.8 Å². The lowest BCUT2D eigenvalue weighted by Crippen LogP contribution is -2.48. The lowest BCUT2D eigenvalue weighted by Gasteiger charge is -2.34. The van der Waals surface area contributed by atoms with Crippen molar-refractivity contribution in [1.82, 2.24) is 14.5 Å². The van der Waals surface area contributed by atoms with Crippen LogP contribution in [-0.2, 0) is 14.8 Å². The molecular formula is C23H26N4O5S. The summed E-state index contributed by atoms with van der Waals surface area (Å²) in [6, 6.07) is 11.6. The van der Waals surface area contributed by atoms with E-state index in [1.54, 1.807) is 0 Å². The molecule has 1 N–H and O–H groups in total. The molecule has 174 valence electrons. The summed E-state index contributed by atoms with van der Waals surface area (Å²) >= 11 is 0. The third-order valence-electron chi connectivity index (χ3n) is 5.41. The first kappa shape index (κ1) is 23.1. The highest BCUT2D eigenvalue weighted by Gasteiger charge is 2.32. The summed E-state index contributed by atoms with van der Waals surface area (Å²) in [4.78, 5) is 12.7. The Kier molecular flexibility index (Phi) is 6.33. The van der Waals surface area contributed by atoms with Crippen molar-refractivity contribution in [2.24, 2.45) is 0 Å². The van der Waals surface area contributed by atoms with E-state index in [9.17, 15) is 13.2 Å². The van der Waals surface area contributed by atoms with Crippen LogP contribution in [0, 0.1) is 13.8 Å². The Balaban J connectivity index is 1.47. The Labute approximate surface area is 192 Å². The van der Waals surface area contributed by atoms with Crippen LogP contribution in [0.5, 0.6) is 0 Å². The number of hydrogen-bond acceptors (Lipinski definition) is 7. The minimum Gasteiger partial charge on any atom is -0.403 e. The van der Waals surface area contributed by atoms with Gasteiger partial charge in [0.25, 0.3) is 5.91 Å². The lowest BCUT2D eigenvalue weighted by atomic mass is 10.1. The van der Waals surface area contributed by atoms with Gasteiger partial charge in [-0.05, 0) is 63.6 Å².